The minimum Gasteiger partial charge on any atom is -0.366 e. The number of para-hydroxylation sites is 1. The summed E-state index contributed by atoms with van der Waals surface area (Å²) in [5.41, 5.74) is 7.67. The van der Waals surface area contributed by atoms with E-state index in [4.69, 9.17) is 10.6 Å². The van der Waals surface area contributed by atoms with E-state index in [0.29, 0.717) is 12.2 Å². The number of unbranched alkanes of at least 4 members (excludes halogenated alkanes) is 11. The van der Waals surface area contributed by atoms with Gasteiger partial charge in [0.05, 0.1) is 18.0 Å². The van der Waals surface area contributed by atoms with E-state index < -0.39 is 5.91 Å². The smallest absolute Gasteiger partial charge is 0.248 e. The molecule has 31 heavy (non-hydrogen) atoms. The molecule has 4 nitrogen and oxygen atoms in total. The van der Waals surface area contributed by atoms with Crippen molar-refractivity contribution in [1.29, 1.82) is 0 Å². The fourth-order valence-electron chi connectivity index (χ4n) is 3.75. The number of hydrogen-bond donors (Lipinski definition) is 1. The Bertz CT molecular complexity index is 733. The summed E-state index contributed by atoms with van der Waals surface area (Å²) in [6, 6.07) is 17.2. The van der Waals surface area contributed by atoms with Gasteiger partial charge in [0.25, 0.3) is 0 Å². The molecule has 0 aliphatic heterocycles. The molecule has 170 valence electrons. The van der Waals surface area contributed by atoms with Crippen molar-refractivity contribution in [3.8, 4) is 0 Å². The first-order chi connectivity index (χ1) is 15.2. The van der Waals surface area contributed by atoms with E-state index in [1.165, 1.54) is 70.6 Å². The lowest BCUT2D eigenvalue weighted by molar-refractivity contribution is 0.1000. The first kappa shape index (κ1) is 24.9. The maximum absolute atomic E-state index is 11.6. The number of hydrogen-bond acceptors (Lipinski definition) is 3. The van der Waals surface area contributed by atoms with Gasteiger partial charge >= 0.3 is 0 Å². The van der Waals surface area contributed by atoms with E-state index in [2.05, 4.69) is 6.92 Å². The zero-order valence-electron chi connectivity index (χ0n) is 19.2. The maximum Gasteiger partial charge on any atom is 0.248 e. The van der Waals surface area contributed by atoms with Crippen LogP contribution in [0, 0.1) is 0 Å². The molecule has 0 spiro atoms. The number of benzene rings is 2. The first-order valence-electron chi connectivity index (χ1n) is 12.1. The van der Waals surface area contributed by atoms with E-state index in [1.54, 1.807) is 17.2 Å². The predicted octanol–water partition coefficient (Wildman–Crippen LogP) is 7.56. The second-order valence-corrected chi connectivity index (χ2v) is 8.27. The Morgan fingerprint density at radius 1 is 0.742 bits per heavy atom. The molecule has 0 atom stereocenters. The third-order valence-electron chi connectivity index (χ3n) is 5.57. The van der Waals surface area contributed by atoms with Crippen LogP contribution in [0.3, 0.4) is 0 Å². The van der Waals surface area contributed by atoms with Crippen molar-refractivity contribution >= 4 is 17.3 Å². The van der Waals surface area contributed by atoms with Gasteiger partial charge in [0.1, 0.15) is 0 Å². The lowest BCUT2D eigenvalue weighted by Crippen LogP contribution is -2.19. The molecule has 0 unspecified atom stereocenters. The first-order valence-corrected chi connectivity index (χ1v) is 12.1. The fourth-order valence-corrected chi connectivity index (χ4v) is 3.75. The molecule has 0 radical (unpaired) electrons. The summed E-state index contributed by atoms with van der Waals surface area (Å²) in [6.45, 7) is 2.92. The minimum absolute atomic E-state index is 0.434. The Morgan fingerprint density at radius 3 is 1.87 bits per heavy atom. The summed E-state index contributed by atoms with van der Waals surface area (Å²) >= 11 is 0. The summed E-state index contributed by atoms with van der Waals surface area (Å²) in [4.78, 5) is 17.7. The second-order valence-electron chi connectivity index (χ2n) is 8.27. The molecule has 0 bridgehead atoms. The van der Waals surface area contributed by atoms with Crippen LogP contribution in [0.15, 0.2) is 54.6 Å². The van der Waals surface area contributed by atoms with Crippen molar-refractivity contribution in [2.24, 2.45) is 5.73 Å². The largest absolute Gasteiger partial charge is 0.366 e. The average Bonchev–Trinajstić information content (AvgIpc) is 2.80. The molecule has 2 aromatic rings. The van der Waals surface area contributed by atoms with Crippen LogP contribution in [-0.2, 0) is 4.84 Å². The Hall–Kier alpha value is -2.33. The molecular formula is C27H40N2O2. The average molecular weight is 425 g/mol. The molecule has 0 fully saturated rings. The number of anilines is 2. The predicted molar refractivity (Wildman–Crippen MR) is 131 cm³/mol. The van der Waals surface area contributed by atoms with Gasteiger partial charge in [-0.15, -0.1) is 0 Å². The summed E-state index contributed by atoms with van der Waals surface area (Å²) < 4.78 is 0. The molecule has 0 aliphatic carbocycles. The molecule has 0 aromatic heterocycles. The van der Waals surface area contributed by atoms with Crippen molar-refractivity contribution in [3.63, 3.8) is 0 Å². The fraction of sp³-hybridized carbons (Fsp3) is 0.519. The van der Waals surface area contributed by atoms with Crippen LogP contribution < -0.4 is 10.8 Å². The molecule has 0 saturated heterocycles. The minimum atomic E-state index is -0.434. The summed E-state index contributed by atoms with van der Waals surface area (Å²) in [5, 5.41) is 1.80. The number of rotatable bonds is 17. The highest BCUT2D eigenvalue weighted by Gasteiger charge is 2.12. The van der Waals surface area contributed by atoms with Gasteiger partial charge in [-0.2, -0.15) is 0 Å². The third-order valence-corrected chi connectivity index (χ3v) is 5.57. The van der Waals surface area contributed by atoms with Crippen LogP contribution in [0.2, 0.25) is 0 Å². The van der Waals surface area contributed by atoms with Crippen LogP contribution in [0.1, 0.15) is 94.3 Å². The van der Waals surface area contributed by atoms with Crippen molar-refractivity contribution in [2.75, 3.05) is 11.7 Å². The normalized spacial score (nSPS) is 10.9. The molecule has 4 heteroatoms. The van der Waals surface area contributed by atoms with Gasteiger partial charge in [0, 0.05) is 5.56 Å². The molecule has 2 aromatic carbocycles. The van der Waals surface area contributed by atoms with Gasteiger partial charge in [-0.3, -0.25) is 9.63 Å². The highest BCUT2D eigenvalue weighted by Crippen LogP contribution is 2.26. The number of nitrogens with two attached hydrogens (primary N) is 1. The van der Waals surface area contributed by atoms with Gasteiger partial charge in [-0.05, 0) is 36.8 Å². The van der Waals surface area contributed by atoms with Crippen molar-refractivity contribution < 1.29 is 9.63 Å². The highest BCUT2D eigenvalue weighted by atomic mass is 16.7. The van der Waals surface area contributed by atoms with Gasteiger partial charge in [0.15, 0.2) is 0 Å². The van der Waals surface area contributed by atoms with Crippen LogP contribution in [-0.4, -0.2) is 12.5 Å². The molecule has 0 heterocycles. The Morgan fingerprint density at radius 2 is 1.29 bits per heavy atom. The summed E-state index contributed by atoms with van der Waals surface area (Å²) in [7, 11) is 0. The van der Waals surface area contributed by atoms with Gasteiger partial charge in [0.2, 0.25) is 5.91 Å². The number of carbonyl (C=O) groups excluding carboxylic acids is 1. The van der Waals surface area contributed by atoms with Crippen LogP contribution in [0.4, 0.5) is 11.4 Å². The summed E-state index contributed by atoms with van der Waals surface area (Å²) in [6.07, 6.45) is 15.8. The zero-order chi connectivity index (χ0) is 22.2. The Balaban J connectivity index is 1.69. The van der Waals surface area contributed by atoms with Crippen LogP contribution in [0.25, 0.3) is 0 Å². The molecule has 2 rings (SSSR count). The Labute approximate surface area is 188 Å². The molecule has 2 N–H and O–H groups in total. The molecule has 1 amide bonds. The lowest BCUT2D eigenvalue weighted by atomic mass is 10.1. The third kappa shape index (κ3) is 10.0. The zero-order valence-corrected chi connectivity index (χ0v) is 19.2. The SMILES string of the molecule is CCCCCCCCCCCCCCON(c1ccccc1)c1cccc(C(N)=O)c1. The monoisotopic (exact) mass is 424 g/mol. The van der Waals surface area contributed by atoms with Crippen molar-refractivity contribution in [2.45, 2.75) is 84.0 Å². The number of primary amides is 1. The van der Waals surface area contributed by atoms with E-state index in [0.717, 1.165) is 17.8 Å². The summed E-state index contributed by atoms with van der Waals surface area (Å²) in [5.74, 6) is -0.434. The second kappa shape index (κ2) is 15.5. The number of carbonyl (C=O) groups is 1. The highest BCUT2D eigenvalue weighted by molar-refractivity contribution is 5.93. The van der Waals surface area contributed by atoms with Crippen LogP contribution >= 0.6 is 0 Å². The van der Waals surface area contributed by atoms with E-state index in [9.17, 15) is 4.79 Å². The van der Waals surface area contributed by atoms with E-state index >= 15 is 0 Å². The van der Waals surface area contributed by atoms with Gasteiger partial charge in [-0.1, -0.05) is 102 Å². The number of amides is 1. The Kier molecular flexibility index (Phi) is 12.4. The molecular weight excluding hydrogens is 384 g/mol. The lowest BCUT2D eigenvalue weighted by Gasteiger charge is -2.24. The van der Waals surface area contributed by atoms with Crippen molar-refractivity contribution in [3.05, 3.63) is 60.2 Å². The standard InChI is InChI=1S/C27H40N2O2/c1-2-3-4-5-6-7-8-9-10-11-12-16-22-31-29(25-19-14-13-15-20-25)26-21-17-18-24(23-26)27(28)30/h13-15,17-21,23H,2-12,16,22H2,1H3,(H2,28,30). The quantitative estimate of drug-likeness (QED) is 0.210. The van der Waals surface area contributed by atoms with Gasteiger partial charge in [-0.25, -0.2) is 5.06 Å². The van der Waals surface area contributed by atoms with Crippen LogP contribution in [0.5, 0.6) is 0 Å². The molecule has 0 aliphatic rings. The van der Waals surface area contributed by atoms with Crippen molar-refractivity contribution in [1.82, 2.24) is 0 Å². The topological polar surface area (TPSA) is 55.6 Å². The van der Waals surface area contributed by atoms with Gasteiger partial charge < -0.3 is 5.73 Å². The maximum atomic E-state index is 11.6. The molecule has 0 saturated carbocycles. The van der Waals surface area contributed by atoms with E-state index in [1.807, 2.05) is 42.5 Å². The van der Waals surface area contributed by atoms with E-state index in [-0.39, 0.29) is 0 Å². The number of nitrogens with zero attached hydrogens (tertiary/aromatic N) is 1.